The van der Waals surface area contributed by atoms with Crippen molar-refractivity contribution in [1.29, 1.82) is 0 Å². The Bertz CT molecular complexity index is 1320. The molecule has 1 aromatic heterocycles. The van der Waals surface area contributed by atoms with Crippen LogP contribution in [0.15, 0.2) is 47.4 Å². The van der Waals surface area contributed by atoms with E-state index in [4.69, 9.17) is 9.72 Å². The van der Waals surface area contributed by atoms with E-state index in [-0.39, 0.29) is 29.3 Å². The highest BCUT2D eigenvalue weighted by atomic mass is 35.5. The zero-order valence-corrected chi connectivity index (χ0v) is 24.9. The van der Waals surface area contributed by atoms with Crippen LogP contribution in [0.4, 0.5) is 5.13 Å². The molecule has 0 spiro atoms. The first-order valence-corrected chi connectivity index (χ1v) is 15.1. The lowest BCUT2D eigenvalue weighted by molar-refractivity contribution is 0.0978. The van der Waals surface area contributed by atoms with E-state index in [1.54, 1.807) is 24.1 Å². The number of thiazole rings is 1. The number of nitrogens with zero attached hydrogens (tertiary/aromatic N) is 4. The number of hydrogen-bond donors (Lipinski definition) is 0. The number of fused-ring (bicyclic) bond motifs is 1. The van der Waals surface area contributed by atoms with Gasteiger partial charge in [0.15, 0.2) is 5.13 Å². The topological polar surface area (TPSA) is 83.1 Å². The number of carbonyl (C=O) groups is 1. The average Bonchev–Trinajstić information content (AvgIpc) is 3.57. The van der Waals surface area contributed by atoms with Gasteiger partial charge in [-0.3, -0.25) is 9.69 Å². The van der Waals surface area contributed by atoms with Gasteiger partial charge in [-0.15, -0.1) is 12.4 Å². The highest BCUT2D eigenvalue weighted by Gasteiger charge is 2.27. The summed E-state index contributed by atoms with van der Waals surface area (Å²) in [4.78, 5) is 22.7. The van der Waals surface area contributed by atoms with Crippen LogP contribution < -0.4 is 4.90 Å². The van der Waals surface area contributed by atoms with Gasteiger partial charge in [0, 0.05) is 38.9 Å². The maximum absolute atomic E-state index is 13.7. The number of hydrogen-bond acceptors (Lipinski definition) is 7. The molecule has 1 amide bonds. The van der Waals surface area contributed by atoms with Crippen LogP contribution in [0.2, 0.25) is 0 Å². The SMILES string of the molecule is CCN(CC)CCN(C(=O)c1ccc(S(=O)(=O)N(C)CC2CCCO2)cc1)c1nc2c(C)cccc2s1.Cl. The molecule has 4 rings (SSSR count). The van der Waals surface area contributed by atoms with Crippen LogP contribution in [0.5, 0.6) is 0 Å². The minimum atomic E-state index is -3.68. The molecule has 0 bridgehead atoms. The van der Waals surface area contributed by atoms with Crippen molar-refractivity contribution in [2.75, 3.05) is 51.3 Å². The number of sulfonamides is 1. The van der Waals surface area contributed by atoms with Crippen molar-refractivity contribution in [3.05, 3.63) is 53.6 Å². The largest absolute Gasteiger partial charge is 0.377 e. The summed E-state index contributed by atoms with van der Waals surface area (Å²) in [6.45, 7) is 10.2. The second kappa shape index (κ2) is 13.3. The molecule has 0 N–H and O–H groups in total. The van der Waals surface area contributed by atoms with Gasteiger partial charge in [0.1, 0.15) is 0 Å². The summed E-state index contributed by atoms with van der Waals surface area (Å²) in [5.74, 6) is -0.194. The van der Waals surface area contributed by atoms with Crippen molar-refractivity contribution in [3.63, 3.8) is 0 Å². The standard InChI is InChI=1S/C27H36N4O4S2.ClH/c1-5-30(6-2)16-17-31(27-28-25-20(3)9-7-11-24(25)36-27)26(32)21-12-14-23(15-13-21)37(33,34)29(4)19-22-10-8-18-35-22;/h7,9,11-15,22H,5-6,8,10,16-19H2,1-4H3;1H. The highest BCUT2D eigenvalue weighted by Crippen LogP contribution is 2.31. The van der Waals surface area contributed by atoms with Crippen LogP contribution >= 0.6 is 23.7 Å². The first-order valence-electron chi connectivity index (χ1n) is 12.8. The third-order valence-corrected chi connectivity index (χ3v) is 9.80. The maximum atomic E-state index is 13.7. The molecule has 208 valence electrons. The molecule has 8 nitrogen and oxygen atoms in total. The smallest absolute Gasteiger partial charge is 0.260 e. The summed E-state index contributed by atoms with van der Waals surface area (Å²) in [5.41, 5.74) is 2.40. The van der Waals surface area contributed by atoms with Gasteiger partial charge in [-0.25, -0.2) is 13.4 Å². The Morgan fingerprint density at radius 3 is 2.42 bits per heavy atom. The molecule has 38 heavy (non-hydrogen) atoms. The number of aromatic nitrogens is 1. The monoisotopic (exact) mass is 580 g/mol. The number of benzene rings is 2. The molecular formula is C27H37ClN4O4S2. The predicted molar refractivity (Wildman–Crippen MR) is 156 cm³/mol. The molecule has 1 aliphatic heterocycles. The summed E-state index contributed by atoms with van der Waals surface area (Å²) in [6.07, 6.45) is 1.74. The number of para-hydroxylation sites is 1. The third kappa shape index (κ3) is 6.73. The predicted octanol–water partition coefficient (Wildman–Crippen LogP) is 4.81. The zero-order valence-electron chi connectivity index (χ0n) is 22.4. The Balaban J connectivity index is 0.00000400. The first-order chi connectivity index (χ1) is 17.7. The van der Waals surface area contributed by atoms with Crippen LogP contribution in [0.1, 0.15) is 42.6 Å². The van der Waals surface area contributed by atoms with Gasteiger partial charge in [-0.1, -0.05) is 37.3 Å². The Morgan fingerprint density at radius 2 is 1.82 bits per heavy atom. The number of anilines is 1. The van der Waals surface area contributed by atoms with Gasteiger partial charge < -0.3 is 9.64 Å². The van der Waals surface area contributed by atoms with E-state index in [0.717, 1.165) is 41.7 Å². The Labute approximate surface area is 236 Å². The maximum Gasteiger partial charge on any atom is 0.260 e. The van der Waals surface area contributed by atoms with Crippen molar-refractivity contribution >= 4 is 55.0 Å². The van der Waals surface area contributed by atoms with Crippen molar-refractivity contribution in [2.24, 2.45) is 0 Å². The molecule has 2 heterocycles. The molecule has 1 saturated heterocycles. The summed E-state index contributed by atoms with van der Waals surface area (Å²) in [6, 6.07) is 12.2. The normalized spacial score (nSPS) is 15.8. The van der Waals surface area contributed by atoms with Gasteiger partial charge in [0.2, 0.25) is 10.0 Å². The molecule has 0 saturated carbocycles. The quantitative estimate of drug-likeness (QED) is 0.323. The van der Waals surface area contributed by atoms with Gasteiger partial charge in [0.05, 0.1) is 21.2 Å². The lowest BCUT2D eigenvalue weighted by atomic mass is 10.2. The molecule has 1 unspecified atom stereocenters. The van der Waals surface area contributed by atoms with E-state index < -0.39 is 10.0 Å². The number of halogens is 1. The van der Waals surface area contributed by atoms with E-state index in [1.807, 2.05) is 25.1 Å². The van der Waals surface area contributed by atoms with Gasteiger partial charge in [0.25, 0.3) is 5.91 Å². The minimum absolute atomic E-state index is 0. The molecule has 1 aliphatic rings. The molecule has 0 aliphatic carbocycles. The van der Waals surface area contributed by atoms with Crippen LogP contribution in [-0.2, 0) is 14.8 Å². The zero-order chi connectivity index (χ0) is 26.6. The van der Waals surface area contributed by atoms with Gasteiger partial charge in [-0.2, -0.15) is 4.31 Å². The number of amides is 1. The van der Waals surface area contributed by atoms with Gasteiger partial charge in [-0.05, 0) is 68.8 Å². The lowest BCUT2D eigenvalue weighted by Crippen LogP contribution is -2.39. The summed E-state index contributed by atoms with van der Waals surface area (Å²) in [7, 11) is -2.11. The average molecular weight is 581 g/mol. The fourth-order valence-electron chi connectivity index (χ4n) is 4.53. The highest BCUT2D eigenvalue weighted by molar-refractivity contribution is 7.89. The van der Waals surface area contributed by atoms with Crippen LogP contribution in [-0.4, -0.2) is 81.0 Å². The molecule has 3 aromatic rings. The summed E-state index contributed by atoms with van der Waals surface area (Å²) < 4.78 is 34.1. The molecule has 1 atom stereocenters. The number of carbonyl (C=O) groups excluding carboxylic acids is 1. The lowest BCUT2D eigenvalue weighted by Gasteiger charge is -2.25. The fraction of sp³-hybridized carbons (Fsp3) is 0.481. The minimum Gasteiger partial charge on any atom is -0.377 e. The molecule has 11 heteroatoms. The molecule has 2 aromatic carbocycles. The summed E-state index contributed by atoms with van der Waals surface area (Å²) >= 11 is 1.50. The van der Waals surface area contributed by atoms with E-state index >= 15 is 0 Å². The fourth-order valence-corrected chi connectivity index (χ4v) is 6.80. The van der Waals surface area contributed by atoms with Crippen molar-refractivity contribution < 1.29 is 17.9 Å². The number of ether oxygens (including phenoxy) is 1. The van der Waals surface area contributed by atoms with E-state index in [2.05, 4.69) is 18.7 Å². The van der Waals surface area contributed by atoms with E-state index in [1.165, 1.54) is 27.8 Å². The van der Waals surface area contributed by atoms with Crippen LogP contribution in [0.3, 0.4) is 0 Å². The molecule has 1 fully saturated rings. The summed E-state index contributed by atoms with van der Waals surface area (Å²) in [5, 5.41) is 0.648. The number of rotatable bonds is 11. The Kier molecular flexibility index (Phi) is 10.7. The number of aryl methyl sites for hydroxylation is 1. The first kappa shape index (κ1) is 30.5. The van der Waals surface area contributed by atoms with Crippen molar-refractivity contribution in [1.82, 2.24) is 14.2 Å². The van der Waals surface area contributed by atoms with E-state index in [9.17, 15) is 13.2 Å². The van der Waals surface area contributed by atoms with Crippen molar-refractivity contribution in [3.8, 4) is 0 Å². The molecular weight excluding hydrogens is 544 g/mol. The van der Waals surface area contributed by atoms with Gasteiger partial charge >= 0.3 is 0 Å². The van der Waals surface area contributed by atoms with Crippen LogP contribution in [0, 0.1) is 6.92 Å². The third-order valence-electron chi connectivity index (χ3n) is 6.91. The van der Waals surface area contributed by atoms with E-state index in [0.29, 0.717) is 36.9 Å². The second-order valence-corrected chi connectivity index (χ2v) is 12.4. The van der Waals surface area contributed by atoms with Crippen LogP contribution in [0.25, 0.3) is 10.2 Å². The molecule has 0 radical (unpaired) electrons. The Hall–Kier alpha value is -2.08. The second-order valence-electron chi connectivity index (χ2n) is 9.35. The van der Waals surface area contributed by atoms with Crippen molar-refractivity contribution in [2.45, 2.75) is 44.6 Å². The Morgan fingerprint density at radius 1 is 1.11 bits per heavy atom. The number of likely N-dealkylation sites (N-methyl/N-ethyl adjacent to an activating group) is 2.